The summed E-state index contributed by atoms with van der Waals surface area (Å²) in [6, 6.07) is 8.90. The molecule has 2 aromatic carbocycles. The second-order valence-electron chi connectivity index (χ2n) is 16.0. The van der Waals surface area contributed by atoms with Crippen LogP contribution in [0.4, 0.5) is 0 Å². The molecule has 4 saturated heterocycles. The van der Waals surface area contributed by atoms with Crippen LogP contribution < -0.4 is 16.0 Å². The van der Waals surface area contributed by atoms with Crippen molar-refractivity contribution in [2.75, 3.05) is 26.2 Å². The smallest absolute Gasteiger partial charge is 0.328 e. The van der Waals surface area contributed by atoms with Gasteiger partial charge in [0, 0.05) is 26.1 Å². The number of aryl methyl sites for hydroxylation is 2. The minimum Gasteiger partial charge on any atom is -0.461 e. The maximum absolute atomic E-state index is 14.5. The summed E-state index contributed by atoms with van der Waals surface area (Å²) < 4.78 is 5.77. The largest absolute Gasteiger partial charge is 0.461 e. The molecule has 3 N–H and O–H groups in total. The van der Waals surface area contributed by atoms with Gasteiger partial charge in [0.25, 0.3) is 0 Å². The van der Waals surface area contributed by atoms with Gasteiger partial charge in [-0.05, 0) is 76.3 Å². The van der Waals surface area contributed by atoms with E-state index in [1.54, 1.807) is 6.92 Å². The lowest BCUT2D eigenvalue weighted by Crippen LogP contribution is -2.62. The number of piperidine rings is 1. The van der Waals surface area contributed by atoms with E-state index >= 15 is 0 Å². The van der Waals surface area contributed by atoms with Crippen molar-refractivity contribution < 1.29 is 38.3 Å². The van der Waals surface area contributed by atoms with Crippen LogP contribution in [0, 0.1) is 19.8 Å². The third-order valence-corrected chi connectivity index (χ3v) is 11.4. The quantitative estimate of drug-likeness (QED) is 0.357. The highest BCUT2D eigenvalue weighted by atomic mass is 16.5. The zero-order chi connectivity index (χ0) is 40.1. The van der Waals surface area contributed by atoms with E-state index in [1.165, 1.54) is 14.7 Å². The SMILES string of the molecule is Cc1ccc(CC(=O)N[C@@H](Cc2cccc(C)c2)C(=O)N[C@H]2COC(=O)[C@@H]3C[C@H](C)CN3C(=O)[C@H](C)NC(=O)[C@@H]3CCCCN3C(=O)[C@@H]3CCCN3C2=O)cc1. The van der Waals surface area contributed by atoms with Gasteiger partial charge in [-0.15, -0.1) is 0 Å². The van der Waals surface area contributed by atoms with Gasteiger partial charge in [-0.3, -0.25) is 28.8 Å². The maximum atomic E-state index is 14.5. The van der Waals surface area contributed by atoms with Crippen LogP contribution in [0.3, 0.4) is 0 Å². The molecule has 4 aliphatic heterocycles. The summed E-state index contributed by atoms with van der Waals surface area (Å²) in [6.07, 6.45) is 3.14. The first kappa shape index (κ1) is 40.4. The number of nitrogens with one attached hydrogen (secondary N) is 3. The molecule has 0 spiro atoms. The van der Waals surface area contributed by atoms with Crippen molar-refractivity contribution in [2.45, 2.75) is 115 Å². The zero-order valence-electron chi connectivity index (χ0n) is 32.8. The van der Waals surface area contributed by atoms with Crippen molar-refractivity contribution in [3.05, 3.63) is 70.8 Å². The van der Waals surface area contributed by atoms with Crippen LogP contribution in [-0.4, -0.2) is 119 Å². The zero-order valence-corrected chi connectivity index (χ0v) is 32.8. The third kappa shape index (κ3) is 9.39. The Morgan fingerprint density at radius 1 is 0.804 bits per heavy atom. The molecule has 0 saturated carbocycles. The van der Waals surface area contributed by atoms with Gasteiger partial charge < -0.3 is 35.4 Å². The standard InChI is InChI=1S/C42H54N6O8/c1-25-13-15-29(16-14-25)22-36(49)44-31(21-30-10-7-9-26(2)19-30)37(50)45-32-24-56-42(55)35-20-27(3)23-48(35)39(52)28(4)43-38(51)33-11-5-6-17-46(33)41(54)34-12-8-18-47(34)40(32)53/h7,9-10,13-16,19,27-28,31-35H,5-6,8,11-12,17-18,20-24H2,1-4H3,(H,43,51)(H,44,49)(H,45,50)/t27-,28-,31-,32-,33-,34-,35-/m0/s1. The second kappa shape index (κ2) is 17.7. The lowest BCUT2D eigenvalue weighted by molar-refractivity contribution is -0.158. The highest BCUT2D eigenvalue weighted by Crippen LogP contribution is 2.28. The molecular weight excluding hydrogens is 716 g/mol. The van der Waals surface area contributed by atoms with Gasteiger partial charge in [0.15, 0.2) is 0 Å². The minimum atomic E-state index is -1.41. The van der Waals surface area contributed by atoms with Crippen LogP contribution in [0.2, 0.25) is 0 Å². The fraction of sp³-hybridized carbons (Fsp3) is 0.548. The summed E-state index contributed by atoms with van der Waals surface area (Å²) in [5.41, 5.74) is 3.57. The summed E-state index contributed by atoms with van der Waals surface area (Å²) in [5, 5.41) is 8.45. The van der Waals surface area contributed by atoms with E-state index in [-0.39, 0.29) is 37.8 Å². The number of esters is 1. The molecule has 4 fully saturated rings. The first-order chi connectivity index (χ1) is 26.8. The maximum Gasteiger partial charge on any atom is 0.328 e. The number of benzene rings is 2. The lowest BCUT2D eigenvalue weighted by Gasteiger charge is -2.39. The lowest BCUT2D eigenvalue weighted by atomic mass is 9.99. The Morgan fingerprint density at radius 3 is 2.27 bits per heavy atom. The van der Waals surface area contributed by atoms with Crippen LogP contribution >= 0.6 is 0 Å². The van der Waals surface area contributed by atoms with Crippen LogP contribution in [0.1, 0.15) is 74.6 Å². The van der Waals surface area contributed by atoms with E-state index in [0.29, 0.717) is 45.1 Å². The Hall–Kier alpha value is -5.27. The van der Waals surface area contributed by atoms with E-state index in [0.717, 1.165) is 22.3 Å². The predicted molar refractivity (Wildman–Crippen MR) is 206 cm³/mol. The molecule has 2 aromatic rings. The monoisotopic (exact) mass is 770 g/mol. The van der Waals surface area contributed by atoms with Gasteiger partial charge in [0.1, 0.15) is 42.9 Å². The molecule has 0 unspecified atom stereocenters. The molecular formula is C42H54N6O8. The second-order valence-corrected chi connectivity index (χ2v) is 16.0. The Morgan fingerprint density at radius 2 is 1.52 bits per heavy atom. The Labute approximate surface area is 328 Å². The molecule has 4 heterocycles. The van der Waals surface area contributed by atoms with Crippen molar-refractivity contribution in [2.24, 2.45) is 5.92 Å². The van der Waals surface area contributed by atoms with Gasteiger partial charge in [-0.1, -0.05) is 66.6 Å². The fourth-order valence-corrected chi connectivity index (χ4v) is 8.41. The summed E-state index contributed by atoms with van der Waals surface area (Å²) in [7, 11) is 0. The summed E-state index contributed by atoms with van der Waals surface area (Å²) in [4.78, 5) is 102. The normalized spacial score (nSPS) is 26.8. The molecule has 4 aliphatic rings. The van der Waals surface area contributed by atoms with Crippen molar-refractivity contribution in [3.8, 4) is 0 Å². The highest BCUT2D eigenvalue weighted by Gasteiger charge is 2.46. The number of fused-ring (bicyclic) bond motifs is 3. The predicted octanol–water partition coefficient (Wildman–Crippen LogP) is 1.73. The number of cyclic esters (lactones) is 1. The Bertz CT molecular complexity index is 1830. The van der Waals surface area contributed by atoms with Crippen LogP contribution in [-0.2, 0) is 51.1 Å². The number of rotatable bonds is 7. The van der Waals surface area contributed by atoms with Crippen molar-refractivity contribution in [1.29, 1.82) is 0 Å². The topological polar surface area (TPSA) is 175 Å². The summed E-state index contributed by atoms with van der Waals surface area (Å²) >= 11 is 0. The number of hydrogen-bond donors (Lipinski definition) is 3. The third-order valence-electron chi connectivity index (χ3n) is 11.4. The van der Waals surface area contributed by atoms with E-state index in [4.69, 9.17) is 4.74 Å². The molecule has 0 radical (unpaired) electrons. The Kier molecular flexibility index (Phi) is 12.8. The highest BCUT2D eigenvalue weighted by molar-refractivity contribution is 5.98. The van der Waals surface area contributed by atoms with E-state index in [9.17, 15) is 33.6 Å². The van der Waals surface area contributed by atoms with Crippen LogP contribution in [0.25, 0.3) is 0 Å². The van der Waals surface area contributed by atoms with Gasteiger partial charge >= 0.3 is 5.97 Å². The van der Waals surface area contributed by atoms with Gasteiger partial charge in [-0.25, -0.2) is 4.79 Å². The number of hydrogen-bond acceptors (Lipinski definition) is 8. The molecule has 14 nitrogen and oxygen atoms in total. The van der Waals surface area contributed by atoms with Crippen LogP contribution in [0.5, 0.6) is 0 Å². The van der Waals surface area contributed by atoms with Gasteiger partial charge in [-0.2, -0.15) is 0 Å². The van der Waals surface area contributed by atoms with E-state index < -0.39 is 78.4 Å². The summed E-state index contributed by atoms with van der Waals surface area (Å²) in [5.74, 6) is -3.74. The molecule has 0 aromatic heterocycles. The molecule has 300 valence electrons. The number of amides is 6. The molecule has 7 atom stereocenters. The van der Waals surface area contributed by atoms with E-state index in [1.807, 2.05) is 69.3 Å². The number of carbonyl (C=O) groups is 7. The number of ether oxygens (including phenoxy) is 1. The summed E-state index contributed by atoms with van der Waals surface area (Å²) in [6.45, 7) is 7.61. The molecule has 6 rings (SSSR count). The van der Waals surface area contributed by atoms with Crippen molar-refractivity contribution in [1.82, 2.24) is 30.7 Å². The minimum absolute atomic E-state index is 0.0264. The molecule has 6 amide bonds. The Balaban J connectivity index is 1.30. The first-order valence-electron chi connectivity index (χ1n) is 19.9. The van der Waals surface area contributed by atoms with E-state index in [2.05, 4.69) is 16.0 Å². The molecule has 0 bridgehead atoms. The average Bonchev–Trinajstić information content (AvgIpc) is 3.83. The van der Waals surface area contributed by atoms with Crippen molar-refractivity contribution in [3.63, 3.8) is 0 Å². The molecule has 56 heavy (non-hydrogen) atoms. The van der Waals surface area contributed by atoms with Crippen LogP contribution in [0.15, 0.2) is 48.5 Å². The molecule has 0 aliphatic carbocycles. The molecule has 14 heteroatoms. The first-order valence-corrected chi connectivity index (χ1v) is 19.9. The fourth-order valence-electron chi connectivity index (χ4n) is 8.41. The number of carbonyl (C=O) groups excluding carboxylic acids is 7. The van der Waals surface area contributed by atoms with Gasteiger partial charge in [0.05, 0.1) is 6.42 Å². The number of nitrogens with zero attached hydrogens (tertiary/aromatic N) is 3. The van der Waals surface area contributed by atoms with Crippen molar-refractivity contribution >= 4 is 41.4 Å². The average molecular weight is 771 g/mol. The van der Waals surface area contributed by atoms with Gasteiger partial charge in [0.2, 0.25) is 35.4 Å².